The summed E-state index contributed by atoms with van der Waals surface area (Å²) in [4.78, 5) is 26.7. The van der Waals surface area contributed by atoms with E-state index in [-0.39, 0.29) is 12.1 Å². The highest BCUT2D eigenvalue weighted by Crippen LogP contribution is 2.11. The van der Waals surface area contributed by atoms with Crippen molar-refractivity contribution in [3.05, 3.63) is 27.4 Å². The van der Waals surface area contributed by atoms with Gasteiger partial charge in [0.1, 0.15) is 0 Å². The van der Waals surface area contributed by atoms with Crippen molar-refractivity contribution in [3.63, 3.8) is 0 Å². The van der Waals surface area contributed by atoms with Crippen molar-refractivity contribution in [2.75, 3.05) is 12.0 Å². The van der Waals surface area contributed by atoms with Gasteiger partial charge in [-0.25, -0.2) is 4.79 Å². The van der Waals surface area contributed by atoms with Gasteiger partial charge in [-0.05, 0) is 38.7 Å². The third-order valence-electron chi connectivity index (χ3n) is 3.33. The summed E-state index contributed by atoms with van der Waals surface area (Å²) in [6.07, 6.45) is 5.11. The van der Waals surface area contributed by atoms with Gasteiger partial charge < -0.3 is 5.11 Å². The molecule has 0 aromatic carbocycles. The van der Waals surface area contributed by atoms with Gasteiger partial charge >= 0.3 is 11.7 Å². The molecule has 1 N–H and O–H groups in total. The monoisotopic (exact) mass is 298 g/mol. The summed E-state index contributed by atoms with van der Waals surface area (Å²) in [5.41, 5.74) is 1.63. The Balaban J connectivity index is 2.84. The third kappa shape index (κ3) is 4.67. The van der Waals surface area contributed by atoms with E-state index in [1.165, 1.54) is 0 Å². The maximum Gasteiger partial charge on any atom is 0.347 e. The number of hydrogen-bond donors (Lipinski definition) is 1. The van der Waals surface area contributed by atoms with Crippen LogP contribution in [0.5, 0.6) is 0 Å². The largest absolute Gasteiger partial charge is 0.481 e. The molecular weight excluding hydrogens is 276 g/mol. The van der Waals surface area contributed by atoms with Crippen molar-refractivity contribution in [3.8, 4) is 0 Å². The third-order valence-corrected chi connectivity index (χ3v) is 4.03. The molecule has 0 atom stereocenters. The number of nitrogens with zero attached hydrogens (tertiary/aromatic N) is 2. The SMILES string of the molecule is CSCCCCCn1c(C)c(CC(=O)O)c(C)nc1=O. The molecule has 0 saturated heterocycles. The first-order valence-electron chi connectivity index (χ1n) is 6.75. The maximum atomic E-state index is 11.9. The second-order valence-electron chi connectivity index (χ2n) is 4.82. The van der Waals surface area contributed by atoms with E-state index in [0.717, 1.165) is 30.7 Å². The van der Waals surface area contributed by atoms with Crippen LogP contribution in [-0.4, -0.2) is 32.6 Å². The van der Waals surface area contributed by atoms with Gasteiger partial charge in [-0.2, -0.15) is 16.7 Å². The summed E-state index contributed by atoms with van der Waals surface area (Å²) in [6, 6.07) is 0. The number of aryl methyl sites for hydroxylation is 1. The van der Waals surface area contributed by atoms with Gasteiger partial charge in [-0.3, -0.25) is 9.36 Å². The zero-order chi connectivity index (χ0) is 15.1. The van der Waals surface area contributed by atoms with E-state index in [4.69, 9.17) is 5.11 Å². The molecule has 0 bridgehead atoms. The van der Waals surface area contributed by atoms with Crippen LogP contribution in [0.15, 0.2) is 4.79 Å². The first-order chi connectivity index (χ1) is 9.47. The molecule has 0 fully saturated rings. The fourth-order valence-electron chi connectivity index (χ4n) is 2.20. The van der Waals surface area contributed by atoms with Gasteiger partial charge in [0.2, 0.25) is 0 Å². The summed E-state index contributed by atoms with van der Waals surface area (Å²) in [7, 11) is 0. The Labute approximate surface area is 123 Å². The van der Waals surface area contributed by atoms with E-state index < -0.39 is 5.97 Å². The van der Waals surface area contributed by atoms with Crippen LogP contribution in [0.4, 0.5) is 0 Å². The molecule has 0 saturated carbocycles. The number of aliphatic carboxylic acids is 1. The average Bonchev–Trinajstić information content (AvgIpc) is 2.37. The number of carboxylic acid groups (broad SMARTS) is 1. The number of aromatic nitrogens is 2. The zero-order valence-electron chi connectivity index (χ0n) is 12.3. The van der Waals surface area contributed by atoms with E-state index in [2.05, 4.69) is 11.2 Å². The smallest absolute Gasteiger partial charge is 0.347 e. The van der Waals surface area contributed by atoms with Crippen molar-refractivity contribution < 1.29 is 9.90 Å². The van der Waals surface area contributed by atoms with E-state index in [9.17, 15) is 9.59 Å². The van der Waals surface area contributed by atoms with Crippen LogP contribution in [-0.2, 0) is 17.8 Å². The van der Waals surface area contributed by atoms with Gasteiger partial charge in [0.25, 0.3) is 0 Å². The van der Waals surface area contributed by atoms with E-state index in [0.29, 0.717) is 17.8 Å². The normalized spacial score (nSPS) is 10.8. The molecule has 0 unspecified atom stereocenters. The first-order valence-corrected chi connectivity index (χ1v) is 8.14. The molecule has 0 amide bonds. The molecule has 1 aromatic heterocycles. The molecule has 20 heavy (non-hydrogen) atoms. The minimum Gasteiger partial charge on any atom is -0.481 e. The molecule has 0 aliphatic rings. The lowest BCUT2D eigenvalue weighted by Gasteiger charge is -2.14. The molecule has 0 spiro atoms. The average molecular weight is 298 g/mol. The minimum atomic E-state index is -0.900. The molecule has 0 aliphatic heterocycles. The molecule has 5 nitrogen and oxygen atoms in total. The van der Waals surface area contributed by atoms with Crippen molar-refractivity contribution in [1.29, 1.82) is 0 Å². The highest BCUT2D eigenvalue weighted by molar-refractivity contribution is 7.98. The lowest BCUT2D eigenvalue weighted by molar-refractivity contribution is -0.136. The van der Waals surface area contributed by atoms with Crippen LogP contribution in [0.3, 0.4) is 0 Å². The lowest BCUT2D eigenvalue weighted by atomic mass is 10.1. The van der Waals surface area contributed by atoms with E-state index >= 15 is 0 Å². The summed E-state index contributed by atoms with van der Waals surface area (Å²) in [5.74, 6) is 0.229. The predicted molar refractivity (Wildman–Crippen MR) is 81.5 cm³/mol. The van der Waals surface area contributed by atoms with Gasteiger partial charge in [0, 0.05) is 23.5 Å². The maximum absolute atomic E-state index is 11.9. The summed E-state index contributed by atoms with van der Waals surface area (Å²) in [5, 5.41) is 8.93. The second kappa shape index (κ2) is 8.09. The van der Waals surface area contributed by atoms with Crippen LogP contribution >= 0.6 is 11.8 Å². The van der Waals surface area contributed by atoms with Crippen molar-refractivity contribution >= 4 is 17.7 Å². The van der Waals surface area contributed by atoms with Gasteiger partial charge in [-0.1, -0.05) is 6.42 Å². The number of carbonyl (C=O) groups is 1. The molecule has 112 valence electrons. The standard InChI is InChI=1S/C14H22N2O3S/c1-10-12(9-13(17)18)11(2)16(14(19)15-10)7-5-4-6-8-20-3/h4-9H2,1-3H3,(H,17,18). The Hall–Kier alpha value is -1.30. The second-order valence-corrected chi connectivity index (χ2v) is 5.80. The van der Waals surface area contributed by atoms with E-state index in [1.54, 1.807) is 18.4 Å². The summed E-state index contributed by atoms with van der Waals surface area (Å²) >= 11 is 1.82. The highest BCUT2D eigenvalue weighted by atomic mass is 32.2. The minimum absolute atomic E-state index is 0.0859. The van der Waals surface area contributed by atoms with E-state index in [1.807, 2.05) is 11.8 Å². The van der Waals surface area contributed by atoms with Crippen LogP contribution in [0.25, 0.3) is 0 Å². The van der Waals surface area contributed by atoms with Gasteiger partial charge in [0.15, 0.2) is 0 Å². The molecule has 0 aliphatic carbocycles. The summed E-state index contributed by atoms with van der Waals surface area (Å²) in [6.45, 7) is 4.10. The zero-order valence-corrected chi connectivity index (χ0v) is 13.1. The Bertz CT molecular complexity index is 526. The van der Waals surface area contributed by atoms with Crippen molar-refractivity contribution in [1.82, 2.24) is 9.55 Å². The first kappa shape index (κ1) is 16.8. The molecule has 0 radical (unpaired) electrons. The predicted octanol–water partition coefficient (Wildman–Crippen LogP) is 2.02. The van der Waals surface area contributed by atoms with Crippen molar-refractivity contribution in [2.24, 2.45) is 0 Å². The number of rotatable bonds is 8. The Morgan fingerprint density at radius 1 is 1.30 bits per heavy atom. The fourth-order valence-corrected chi connectivity index (χ4v) is 2.70. The Morgan fingerprint density at radius 3 is 2.60 bits per heavy atom. The lowest BCUT2D eigenvalue weighted by Crippen LogP contribution is -2.28. The topological polar surface area (TPSA) is 72.2 Å². The molecular formula is C14H22N2O3S. The molecule has 1 rings (SSSR count). The molecule has 6 heteroatoms. The van der Waals surface area contributed by atoms with Crippen LogP contribution < -0.4 is 5.69 Å². The number of unbranched alkanes of at least 4 members (excludes halogenated alkanes) is 2. The van der Waals surface area contributed by atoms with Crippen LogP contribution in [0.2, 0.25) is 0 Å². The highest BCUT2D eigenvalue weighted by Gasteiger charge is 2.13. The molecule has 1 heterocycles. The molecule has 1 aromatic rings. The fraction of sp³-hybridized carbons (Fsp3) is 0.643. The quantitative estimate of drug-likeness (QED) is 0.743. The number of carboxylic acids is 1. The van der Waals surface area contributed by atoms with Crippen LogP contribution in [0, 0.1) is 13.8 Å². The van der Waals surface area contributed by atoms with Gasteiger partial charge in [-0.15, -0.1) is 0 Å². The number of hydrogen-bond acceptors (Lipinski definition) is 4. The van der Waals surface area contributed by atoms with Gasteiger partial charge in [0.05, 0.1) is 6.42 Å². The Kier molecular flexibility index (Phi) is 6.78. The Morgan fingerprint density at radius 2 is 2.00 bits per heavy atom. The number of thioether (sulfide) groups is 1. The van der Waals surface area contributed by atoms with Crippen LogP contribution in [0.1, 0.15) is 36.2 Å². The van der Waals surface area contributed by atoms with Crippen molar-refractivity contribution in [2.45, 2.75) is 46.1 Å². The summed E-state index contributed by atoms with van der Waals surface area (Å²) < 4.78 is 1.60.